The summed E-state index contributed by atoms with van der Waals surface area (Å²) in [6.45, 7) is 3.39. The number of carbonyl (C=O) groups is 2. The molecule has 2 aromatic rings. The summed E-state index contributed by atoms with van der Waals surface area (Å²) in [5.41, 5.74) is 3.25. The highest BCUT2D eigenvalue weighted by molar-refractivity contribution is 7.08. The number of halogens is 1. The molecular formula is C18H19ClN2O3S. The van der Waals surface area contributed by atoms with E-state index in [9.17, 15) is 9.59 Å². The SMILES string of the molecule is CC(=O)N[C@@H](C)C(=O)NCC1Cc2cc(-c3ccsc3)cc(Cl)c2O1. The Hall–Kier alpha value is -2.05. The van der Waals surface area contributed by atoms with E-state index in [-0.39, 0.29) is 17.9 Å². The van der Waals surface area contributed by atoms with E-state index >= 15 is 0 Å². The van der Waals surface area contributed by atoms with E-state index in [1.807, 2.05) is 11.4 Å². The van der Waals surface area contributed by atoms with E-state index < -0.39 is 6.04 Å². The zero-order valence-corrected chi connectivity index (χ0v) is 15.5. The van der Waals surface area contributed by atoms with Gasteiger partial charge in [-0.2, -0.15) is 11.3 Å². The Morgan fingerprint density at radius 1 is 1.40 bits per heavy atom. The van der Waals surface area contributed by atoms with Crippen molar-refractivity contribution in [2.75, 3.05) is 6.54 Å². The van der Waals surface area contributed by atoms with Crippen molar-refractivity contribution >= 4 is 34.8 Å². The van der Waals surface area contributed by atoms with Gasteiger partial charge in [-0.15, -0.1) is 0 Å². The Bertz CT molecular complexity index is 792. The molecule has 1 aliphatic rings. The maximum absolute atomic E-state index is 12.0. The van der Waals surface area contributed by atoms with Crippen LogP contribution in [0, 0.1) is 0 Å². The third-order valence-electron chi connectivity index (χ3n) is 4.02. The summed E-state index contributed by atoms with van der Waals surface area (Å²) in [5.74, 6) is 0.217. The van der Waals surface area contributed by atoms with Gasteiger partial charge in [0.2, 0.25) is 11.8 Å². The third-order valence-corrected chi connectivity index (χ3v) is 4.99. The highest BCUT2D eigenvalue weighted by atomic mass is 35.5. The molecule has 5 nitrogen and oxygen atoms in total. The number of hydrogen-bond donors (Lipinski definition) is 2. The topological polar surface area (TPSA) is 67.4 Å². The number of amides is 2. The molecule has 0 aliphatic carbocycles. The Labute approximate surface area is 155 Å². The van der Waals surface area contributed by atoms with Crippen molar-refractivity contribution in [1.82, 2.24) is 10.6 Å². The molecule has 2 heterocycles. The summed E-state index contributed by atoms with van der Waals surface area (Å²) >= 11 is 8.01. The first-order valence-corrected chi connectivity index (χ1v) is 9.32. The van der Waals surface area contributed by atoms with Crippen molar-refractivity contribution in [2.24, 2.45) is 0 Å². The number of ether oxygens (including phenoxy) is 1. The maximum atomic E-state index is 12.0. The van der Waals surface area contributed by atoms with Crippen LogP contribution in [0.1, 0.15) is 19.4 Å². The van der Waals surface area contributed by atoms with Gasteiger partial charge in [0.1, 0.15) is 17.9 Å². The Balaban J connectivity index is 1.63. The van der Waals surface area contributed by atoms with E-state index in [2.05, 4.69) is 28.1 Å². The minimum Gasteiger partial charge on any atom is -0.486 e. The van der Waals surface area contributed by atoms with Gasteiger partial charge in [-0.1, -0.05) is 11.6 Å². The molecule has 1 aromatic heterocycles. The molecule has 0 saturated heterocycles. The molecule has 0 bridgehead atoms. The van der Waals surface area contributed by atoms with Crippen LogP contribution in [0.5, 0.6) is 5.75 Å². The number of nitrogens with one attached hydrogen (secondary N) is 2. The monoisotopic (exact) mass is 378 g/mol. The number of benzene rings is 1. The normalized spacial score (nSPS) is 16.7. The molecule has 1 aromatic carbocycles. The van der Waals surface area contributed by atoms with Crippen molar-refractivity contribution < 1.29 is 14.3 Å². The fraction of sp³-hybridized carbons (Fsp3) is 0.333. The van der Waals surface area contributed by atoms with E-state index in [0.29, 0.717) is 23.7 Å². The summed E-state index contributed by atoms with van der Waals surface area (Å²) in [7, 11) is 0. The van der Waals surface area contributed by atoms with E-state index in [4.69, 9.17) is 16.3 Å². The lowest BCUT2D eigenvalue weighted by atomic mass is 10.0. The number of fused-ring (bicyclic) bond motifs is 1. The fourth-order valence-corrected chi connectivity index (χ4v) is 3.78. The molecule has 0 spiro atoms. The fourth-order valence-electron chi connectivity index (χ4n) is 2.83. The second-order valence-electron chi connectivity index (χ2n) is 6.07. The predicted octanol–water partition coefficient (Wildman–Crippen LogP) is 3.01. The summed E-state index contributed by atoms with van der Waals surface area (Å²) in [4.78, 5) is 23.0. The Morgan fingerprint density at radius 2 is 2.20 bits per heavy atom. The molecule has 2 atom stereocenters. The summed E-state index contributed by atoms with van der Waals surface area (Å²) < 4.78 is 5.89. The molecule has 0 fully saturated rings. The average Bonchev–Trinajstić information content (AvgIpc) is 3.21. The molecule has 1 aliphatic heterocycles. The molecule has 25 heavy (non-hydrogen) atoms. The van der Waals surface area contributed by atoms with Crippen LogP contribution < -0.4 is 15.4 Å². The summed E-state index contributed by atoms with van der Waals surface area (Å²) in [6.07, 6.45) is 0.515. The van der Waals surface area contributed by atoms with Crippen molar-refractivity contribution in [3.05, 3.63) is 39.5 Å². The molecular weight excluding hydrogens is 360 g/mol. The first-order chi connectivity index (χ1) is 11.9. The number of thiophene rings is 1. The van der Waals surface area contributed by atoms with Crippen LogP contribution in [-0.2, 0) is 16.0 Å². The Kier molecular flexibility index (Phi) is 5.30. The van der Waals surface area contributed by atoms with Crippen LogP contribution in [0.15, 0.2) is 29.0 Å². The molecule has 3 rings (SSSR count). The second-order valence-corrected chi connectivity index (χ2v) is 7.26. The molecule has 1 unspecified atom stereocenters. The first-order valence-electron chi connectivity index (χ1n) is 8.00. The smallest absolute Gasteiger partial charge is 0.242 e. The molecule has 0 radical (unpaired) electrons. The lowest BCUT2D eigenvalue weighted by molar-refractivity contribution is -0.127. The van der Waals surface area contributed by atoms with Gasteiger partial charge in [0, 0.05) is 18.9 Å². The lowest BCUT2D eigenvalue weighted by Gasteiger charge is -2.16. The van der Waals surface area contributed by atoms with Crippen molar-refractivity contribution in [2.45, 2.75) is 32.4 Å². The summed E-state index contributed by atoms with van der Waals surface area (Å²) in [5, 5.41) is 10.1. The molecule has 2 N–H and O–H groups in total. The Morgan fingerprint density at radius 3 is 2.88 bits per heavy atom. The average molecular weight is 379 g/mol. The molecule has 2 amide bonds. The van der Waals surface area contributed by atoms with Gasteiger partial charge in [-0.05, 0) is 47.0 Å². The minimum absolute atomic E-state index is 0.168. The minimum atomic E-state index is -0.574. The van der Waals surface area contributed by atoms with Crippen LogP contribution in [0.25, 0.3) is 11.1 Å². The van der Waals surface area contributed by atoms with Crippen LogP contribution in [0.4, 0.5) is 0 Å². The van der Waals surface area contributed by atoms with Crippen molar-refractivity contribution in [3.8, 4) is 16.9 Å². The number of carbonyl (C=O) groups excluding carboxylic acids is 2. The van der Waals surface area contributed by atoms with Crippen molar-refractivity contribution in [1.29, 1.82) is 0 Å². The van der Waals surface area contributed by atoms with Crippen LogP contribution >= 0.6 is 22.9 Å². The van der Waals surface area contributed by atoms with E-state index in [1.54, 1.807) is 18.3 Å². The quantitative estimate of drug-likeness (QED) is 0.840. The van der Waals surface area contributed by atoms with Gasteiger partial charge in [-0.3, -0.25) is 9.59 Å². The number of hydrogen-bond acceptors (Lipinski definition) is 4. The van der Waals surface area contributed by atoms with Gasteiger partial charge in [-0.25, -0.2) is 0 Å². The van der Waals surface area contributed by atoms with E-state index in [0.717, 1.165) is 16.7 Å². The highest BCUT2D eigenvalue weighted by Gasteiger charge is 2.27. The maximum Gasteiger partial charge on any atom is 0.242 e. The number of rotatable bonds is 5. The standard InChI is InChI=1S/C18H19ClN2O3S/c1-10(21-11(2)22)18(23)20-8-15-6-14-5-13(12-3-4-25-9-12)7-16(19)17(14)24-15/h3-5,7,9-10,15H,6,8H2,1-2H3,(H,20,23)(H,21,22)/t10-,15?/m0/s1. The predicted molar refractivity (Wildman–Crippen MR) is 99.2 cm³/mol. The van der Waals surface area contributed by atoms with Crippen LogP contribution in [0.3, 0.4) is 0 Å². The van der Waals surface area contributed by atoms with Crippen LogP contribution in [-0.4, -0.2) is 30.5 Å². The first kappa shape index (κ1) is 17.8. The zero-order chi connectivity index (χ0) is 18.0. The highest BCUT2D eigenvalue weighted by Crippen LogP contribution is 2.39. The van der Waals surface area contributed by atoms with Gasteiger partial charge in [0.25, 0.3) is 0 Å². The molecule has 0 saturated carbocycles. The van der Waals surface area contributed by atoms with Gasteiger partial charge in [0.05, 0.1) is 11.6 Å². The van der Waals surface area contributed by atoms with Gasteiger partial charge in [0.15, 0.2) is 0 Å². The zero-order valence-electron chi connectivity index (χ0n) is 14.0. The van der Waals surface area contributed by atoms with Gasteiger partial charge >= 0.3 is 0 Å². The lowest BCUT2D eigenvalue weighted by Crippen LogP contribution is -2.46. The third kappa shape index (κ3) is 4.14. The van der Waals surface area contributed by atoms with Crippen LogP contribution in [0.2, 0.25) is 5.02 Å². The molecule has 7 heteroatoms. The largest absolute Gasteiger partial charge is 0.486 e. The summed E-state index contributed by atoms with van der Waals surface area (Å²) in [6, 6.07) is 5.47. The van der Waals surface area contributed by atoms with Gasteiger partial charge < -0.3 is 15.4 Å². The second kappa shape index (κ2) is 7.45. The molecule has 132 valence electrons. The van der Waals surface area contributed by atoms with Crippen molar-refractivity contribution in [3.63, 3.8) is 0 Å². The van der Waals surface area contributed by atoms with E-state index in [1.165, 1.54) is 6.92 Å².